The number of aromatic nitrogens is 1. The van der Waals surface area contributed by atoms with Gasteiger partial charge < -0.3 is 9.47 Å². The number of methoxy groups -OCH3 is 1. The Kier molecular flexibility index (Phi) is 5.10. The molecule has 0 bridgehead atoms. The summed E-state index contributed by atoms with van der Waals surface area (Å²) in [5.41, 5.74) is 1.08. The van der Waals surface area contributed by atoms with Gasteiger partial charge in [-0.2, -0.15) is 12.6 Å². The Bertz CT molecular complexity index is 540. The minimum atomic E-state index is 0.597. The first kappa shape index (κ1) is 14.2. The fourth-order valence-corrected chi connectivity index (χ4v) is 3.06. The molecule has 3 nitrogen and oxygen atoms in total. The van der Waals surface area contributed by atoms with E-state index in [9.17, 15) is 0 Å². The molecule has 19 heavy (non-hydrogen) atoms. The van der Waals surface area contributed by atoms with Crippen LogP contribution in [0.25, 0.3) is 0 Å². The minimum Gasteiger partial charge on any atom is -0.493 e. The van der Waals surface area contributed by atoms with Gasteiger partial charge in [-0.15, -0.1) is 11.3 Å². The number of thiol groups is 1. The van der Waals surface area contributed by atoms with E-state index in [1.54, 1.807) is 18.4 Å². The lowest BCUT2D eigenvalue weighted by atomic mass is 10.3. The number of nitrogens with zero attached hydrogens (tertiary/aromatic N) is 1. The van der Waals surface area contributed by atoms with E-state index in [4.69, 9.17) is 9.47 Å². The summed E-state index contributed by atoms with van der Waals surface area (Å²) in [4.78, 5) is 5.75. The molecular weight excluding hydrogens is 278 g/mol. The zero-order chi connectivity index (χ0) is 13.7. The molecule has 0 fully saturated rings. The molecule has 2 rings (SSSR count). The minimum absolute atomic E-state index is 0.597. The highest BCUT2D eigenvalue weighted by Gasteiger charge is 2.07. The van der Waals surface area contributed by atoms with Gasteiger partial charge in [0.15, 0.2) is 11.5 Å². The van der Waals surface area contributed by atoms with E-state index in [0.29, 0.717) is 6.61 Å². The Balaban J connectivity index is 1.92. The van der Waals surface area contributed by atoms with Crippen molar-refractivity contribution in [3.05, 3.63) is 39.8 Å². The van der Waals surface area contributed by atoms with Gasteiger partial charge in [0.25, 0.3) is 0 Å². The average Bonchev–Trinajstić information content (AvgIpc) is 2.79. The van der Waals surface area contributed by atoms with Gasteiger partial charge in [-0.3, -0.25) is 0 Å². The van der Waals surface area contributed by atoms with Gasteiger partial charge in [-0.25, -0.2) is 4.98 Å². The van der Waals surface area contributed by atoms with Crippen LogP contribution in [-0.4, -0.2) is 18.7 Å². The summed E-state index contributed by atoms with van der Waals surface area (Å²) in [6.45, 7) is 2.62. The maximum Gasteiger partial charge on any atom is 0.161 e. The second kappa shape index (κ2) is 6.82. The molecule has 0 saturated carbocycles. The van der Waals surface area contributed by atoms with Crippen molar-refractivity contribution >= 4 is 24.0 Å². The molecule has 1 heterocycles. The lowest BCUT2D eigenvalue weighted by Crippen LogP contribution is -2.02. The number of rotatable bonds is 6. The second-order valence-electron chi connectivity index (χ2n) is 4.02. The van der Waals surface area contributed by atoms with Crippen molar-refractivity contribution in [2.45, 2.75) is 19.1 Å². The van der Waals surface area contributed by atoms with Gasteiger partial charge >= 0.3 is 0 Å². The zero-order valence-electron chi connectivity index (χ0n) is 11.0. The van der Waals surface area contributed by atoms with Gasteiger partial charge in [-0.05, 0) is 19.1 Å². The van der Waals surface area contributed by atoms with Gasteiger partial charge in [0.05, 0.1) is 24.4 Å². The maximum absolute atomic E-state index is 5.74. The number of benzene rings is 1. The van der Waals surface area contributed by atoms with Crippen molar-refractivity contribution in [3.63, 3.8) is 0 Å². The fourth-order valence-electron chi connectivity index (χ4n) is 1.73. The summed E-state index contributed by atoms with van der Waals surface area (Å²) in [6, 6.07) is 7.66. The molecule has 2 aromatic rings. The molecule has 0 radical (unpaired) electrons. The van der Waals surface area contributed by atoms with Gasteiger partial charge in [-0.1, -0.05) is 12.1 Å². The summed E-state index contributed by atoms with van der Waals surface area (Å²) < 4.78 is 11.0. The van der Waals surface area contributed by atoms with Crippen LogP contribution >= 0.6 is 24.0 Å². The SMILES string of the molecule is COc1ccccc1OCCc1nc(C)c(CS)s1. The Morgan fingerprint density at radius 1 is 1.26 bits per heavy atom. The standard InChI is InChI=1S/C14H17NO2S2/c1-10-13(9-18)19-14(15-10)7-8-17-12-6-4-3-5-11(12)16-2/h3-6,18H,7-9H2,1-2H3. The fraction of sp³-hybridized carbons (Fsp3) is 0.357. The first-order valence-corrected chi connectivity index (χ1v) is 7.51. The van der Waals surface area contributed by atoms with E-state index in [1.165, 1.54) is 4.88 Å². The maximum atomic E-state index is 5.74. The third-order valence-electron chi connectivity index (χ3n) is 2.72. The molecule has 0 N–H and O–H groups in total. The highest BCUT2D eigenvalue weighted by molar-refractivity contribution is 7.79. The molecule has 0 saturated heterocycles. The monoisotopic (exact) mass is 295 g/mol. The molecule has 5 heteroatoms. The summed E-state index contributed by atoms with van der Waals surface area (Å²) in [7, 11) is 1.64. The van der Waals surface area contributed by atoms with Crippen LogP contribution in [0.4, 0.5) is 0 Å². The van der Waals surface area contributed by atoms with Gasteiger partial charge in [0, 0.05) is 17.1 Å². The predicted octanol–water partition coefficient (Wildman–Crippen LogP) is 3.51. The summed E-state index contributed by atoms with van der Waals surface area (Å²) in [5, 5.41) is 1.09. The van der Waals surface area contributed by atoms with Crippen molar-refractivity contribution in [2.75, 3.05) is 13.7 Å². The second-order valence-corrected chi connectivity index (χ2v) is 5.51. The number of para-hydroxylation sites is 2. The van der Waals surface area contributed by atoms with Crippen molar-refractivity contribution < 1.29 is 9.47 Å². The van der Waals surface area contributed by atoms with Crippen LogP contribution in [0.1, 0.15) is 15.6 Å². The van der Waals surface area contributed by atoms with E-state index in [1.807, 2.05) is 31.2 Å². The van der Waals surface area contributed by atoms with Crippen LogP contribution in [0, 0.1) is 6.92 Å². The van der Waals surface area contributed by atoms with Crippen LogP contribution in [0.15, 0.2) is 24.3 Å². The Hall–Kier alpha value is -1.20. The molecule has 0 aliphatic carbocycles. The average molecular weight is 295 g/mol. The van der Waals surface area contributed by atoms with Crippen LogP contribution in [0.2, 0.25) is 0 Å². The van der Waals surface area contributed by atoms with E-state index in [0.717, 1.165) is 34.4 Å². The highest BCUT2D eigenvalue weighted by Crippen LogP contribution is 2.26. The summed E-state index contributed by atoms with van der Waals surface area (Å²) in [5.74, 6) is 2.28. The molecule has 0 aliphatic rings. The first-order chi connectivity index (χ1) is 9.24. The first-order valence-electron chi connectivity index (χ1n) is 6.06. The topological polar surface area (TPSA) is 31.4 Å². The predicted molar refractivity (Wildman–Crippen MR) is 81.7 cm³/mol. The Morgan fingerprint density at radius 3 is 2.63 bits per heavy atom. The molecule has 102 valence electrons. The van der Waals surface area contributed by atoms with E-state index in [-0.39, 0.29) is 0 Å². The van der Waals surface area contributed by atoms with Crippen LogP contribution in [0.5, 0.6) is 11.5 Å². The molecule has 1 aromatic carbocycles. The Labute approximate surface area is 123 Å². The van der Waals surface area contributed by atoms with E-state index >= 15 is 0 Å². The highest BCUT2D eigenvalue weighted by atomic mass is 32.1. The normalized spacial score (nSPS) is 10.5. The van der Waals surface area contributed by atoms with Crippen molar-refractivity contribution in [2.24, 2.45) is 0 Å². The number of ether oxygens (including phenoxy) is 2. The lowest BCUT2D eigenvalue weighted by Gasteiger charge is -2.09. The lowest BCUT2D eigenvalue weighted by molar-refractivity contribution is 0.297. The molecule has 0 unspecified atom stereocenters. The number of aryl methyl sites for hydroxylation is 1. The Morgan fingerprint density at radius 2 is 2.00 bits per heavy atom. The number of hydrogen-bond acceptors (Lipinski definition) is 5. The molecule has 0 aliphatic heterocycles. The van der Waals surface area contributed by atoms with Crippen LogP contribution in [-0.2, 0) is 12.2 Å². The number of hydrogen-bond donors (Lipinski definition) is 1. The van der Waals surface area contributed by atoms with Crippen molar-refractivity contribution in [1.29, 1.82) is 0 Å². The molecular formula is C14H17NO2S2. The van der Waals surface area contributed by atoms with Crippen LogP contribution in [0.3, 0.4) is 0 Å². The zero-order valence-corrected chi connectivity index (χ0v) is 12.8. The van der Waals surface area contributed by atoms with E-state index in [2.05, 4.69) is 17.6 Å². The molecule has 0 atom stereocenters. The van der Waals surface area contributed by atoms with Gasteiger partial charge in [0.2, 0.25) is 0 Å². The summed E-state index contributed by atoms with van der Waals surface area (Å²) >= 11 is 6.00. The van der Waals surface area contributed by atoms with Crippen molar-refractivity contribution in [3.8, 4) is 11.5 Å². The van der Waals surface area contributed by atoms with Gasteiger partial charge in [0.1, 0.15) is 0 Å². The quantitative estimate of drug-likeness (QED) is 0.828. The molecule has 0 spiro atoms. The third kappa shape index (κ3) is 3.64. The molecule has 0 amide bonds. The largest absolute Gasteiger partial charge is 0.493 e. The third-order valence-corrected chi connectivity index (χ3v) is 4.47. The molecule has 1 aromatic heterocycles. The summed E-state index contributed by atoms with van der Waals surface area (Å²) in [6.07, 6.45) is 0.803. The van der Waals surface area contributed by atoms with Crippen molar-refractivity contribution in [1.82, 2.24) is 4.98 Å². The van der Waals surface area contributed by atoms with Crippen LogP contribution < -0.4 is 9.47 Å². The smallest absolute Gasteiger partial charge is 0.161 e. The number of thiazole rings is 1. The van der Waals surface area contributed by atoms with E-state index < -0.39 is 0 Å².